The first-order chi connectivity index (χ1) is 14.6. The SMILES string of the molecule is CN1CCN(Cc2ccccc2)C2(CCN(C(=O)COc3ccccc3)CC2)C1=O. The first kappa shape index (κ1) is 20.4. The summed E-state index contributed by atoms with van der Waals surface area (Å²) in [5.74, 6) is 0.842. The van der Waals surface area contributed by atoms with Gasteiger partial charge in [-0.1, -0.05) is 48.5 Å². The van der Waals surface area contributed by atoms with Gasteiger partial charge in [-0.25, -0.2) is 0 Å². The highest BCUT2D eigenvalue weighted by molar-refractivity contribution is 5.87. The third-order valence-corrected chi connectivity index (χ3v) is 6.32. The molecule has 0 aromatic heterocycles. The molecule has 0 bridgehead atoms. The van der Waals surface area contributed by atoms with Gasteiger partial charge >= 0.3 is 0 Å². The Morgan fingerprint density at radius 1 is 0.933 bits per heavy atom. The maximum absolute atomic E-state index is 13.2. The molecular weight excluding hydrogens is 378 g/mol. The van der Waals surface area contributed by atoms with Gasteiger partial charge in [0.1, 0.15) is 11.3 Å². The van der Waals surface area contributed by atoms with Gasteiger partial charge in [0.25, 0.3) is 5.91 Å². The number of likely N-dealkylation sites (N-methyl/N-ethyl adjacent to an activating group) is 1. The maximum atomic E-state index is 13.2. The van der Waals surface area contributed by atoms with Gasteiger partial charge in [0.2, 0.25) is 5.91 Å². The van der Waals surface area contributed by atoms with Crippen molar-refractivity contribution >= 4 is 11.8 Å². The lowest BCUT2D eigenvalue weighted by atomic mass is 9.82. The molecule has 0 aliphatic carbocycles. The van der Waals surface area contributed by atoms with Crippen LogP contribution in [0.5, 0.6) is 5.75 Å². The van der Waals surface area contributed by atoms with Crippen molar-refractivity contribution in [1.82, 2.24) is 14.7 Å². The van der Waals surface area contributed by atoms with Gasteiger partial charge in [0.05, 0.1) is 0 Å². The van der Waals surface area contributed by atoms with E-state index in [1.165, 1.54) is 5.56 Å². The zero-order valence-electron chi connectivity index (χ0n) is 17.5. The molecule has 158 valence electrons. The number of piperazine rings is 1. The average Bonchev–Trinajstić information content (AvgIpc) is 2.80. The second-order valence-electron chi connectivity index (χ2n) is 8.15. The first-order valence-corrected chi connectivity index (χ1v) is 10.6. The molecular formula is C24H29N3O3. The molecule has 2 aliphatic heterocycles. The van der Waals surface area contributed by atoms with Gasteiger partial charge < -0.3 is 14.5 Å². The van der Waals surface area contributed by atoms with Gasteiger partial charge in [0, 0.05) is 39.8 Å². The second kappa shape index (κ2) is 8.88. The van der Waals surface area contributed by atoms with E-state index in [1.54, 1.807) is 0 Å². The zero-order chi connectivity index (χ0) is 21.0. The molecule has 0 unspecified atom stereocenters. The number of carbonyl (C=O) groups excluding carboxylic acids is 2. The van der Waals surface area contributed by atoms with Crippen molar-refractivity contribution in [3.05, 3.63) is 66.2 Å². The lowest BCUT2D eigenvalue weighted by Gasteiger charge is -2.52. The highest BCUT2D eigenvalue weighted by Gasteiger charge is 2.50. The van der Waals surface area contributed by atoms with E-state index in [4.69, 9.17) is 4.74 Å². The monoisotopic (exact) mass is 407 g/mol. The molecule has 0 saturated carbocycles. The molecule has 1 spiro atoms. The fourth-order valence-corrected chi connectivity index (χ4v) is 4.52. The predicted molar refractivity (Wildman–Crippen MR) is 115 cm³/mol. The predicted octanol–water partition coefficient (Wildman–Crippen LogP) is 2.40. The van der Waals surface area contributed by atoms with Crippen LogP contribution in [-0.4, -0.2) is 71.9 Å². The van der Waals surface area contributed by atoms with Crippen LogP contribution in [0, 0.1) is 0 Å². The Balaban J connectivity index is 1.41. The minimum Gasteiger partial charge on any atom is -0.484 e. The van der Waals surface area contributed by atoms with E-state index in [2.05, 4.69) is 17.0 Å². The van der Waals surface area contributed by atoms with Crippen LogP contribution in [-0.2, 0) is 16.1 Å². The normalized spacial score (nSPS) is 19.2. The summed E-state index contributed by atoms with van der Waals surface area (Å²) in [5.41, 5.74) is 0.684. The Kier molecular flexibility index (Phi) is 6.04. The number of hydrogen-bond acceptors (Lipinski definition) is 4. The number of para-hydroxylation sites is 1. The number of nitrogens with zero attached hydrogens (tertiary/aromatic N) is 3. The van der Waals surface area contributed by atoms with Crippen LogP contribution < -0.4 is 4.74 Å². The molecule has 6 nitrogen and oxygen atoms in total. The Bertz CT molecular complexity index is 864. The highest BCUT2D eigenvalue weighted by Crippen LogP contribution is 2.34. The number of ether oxygens (including phenoxy) is 1. The Labute approximate surface area is 178 Å². The summed E-state index contributed by atoms with van der Waals surface area (Å²) in [6.07, 6.45) is 1.31. The summed E-state index contributed by atoms with van der Waals surface area (Å²) in [7, 11) is 1.88. The number of likely N-dealkylation sites (tertiary alicyclic amines) is 1. The Morgan fingerprint density at radius 2 is 1.57 bits per heavy atom. The molecule has 2 amide bonds. The highest BCUT2D eigenvalue weighted by atomic mass is 16.5. The standard InChI is InChI=1S/C24H29N3O3/c1-25-16-17-27(18-20-8-4-2-5-9-20)24(23(25)29)12-14-26(15-13-24)22(28)19-30-21-10-6-3-7-11-21/h2-11H,12-19H2,1H3. The number of piperidine rings is 1. The van der Waals surface area contributed by atoms with E-state index >= 15 is 0 Å². The first-order valence-electron chi connectivity index (χ1n) is 10.6. The molecule has 6 heteroatoms. The number of amides is 2. The maximum Gasteiger partial charge on any atom is 0.260 e. The fraction of sp³-hybridized carbons (Fsp3) is 0.417. The van der Waals surface area contributed by atoms with Gasteiger partial charge in [-0.15, -0.1) is 0 Å². The summed E-state index contributed by atoms with van der Waals surface area (Å²) in [6.45, 7) is 3.51. The molecule has 2 heterocycles. The summed E-state index contributed by atoms with van der Waals surface area (Å²) in [4.78, 5) is 31.9. The van der Waals surface area contributed by atoms with Crippen molar-refractivity contribution in [2.45, 2.75) is 24.9 Å². The largest absolute Gasteiger partial charge is 0.484 e. The van der Waals surface area contributed by atoms with E-state index in [-0.39, 0.29) is 18.4 Å². The Hall–Kier alpha value is -2.86. The molecule has 2 aliphatic rings. The van der Waals surface area contributed by atoms with Crippen LogP contribution in [0.2, 0.25) is 0 Å². The van der Waals surface area contributed by atoms with E-state index in [9.17, 15) is 9.59 Å². The van der Waals surface area contributed by atoms with Crippen molar-refractivity contribution in [2.75, 3.05) is 39.8 Å². The number of rotatable bonds is 5. The van der Waals surface area contributed by atoms with Gasteiger partial charge in [-0.05, 0) is 30.5 Å². The number of carbonyl (C=O) groups is 2. The zero-order valence-corrected chi connectivity index (χ0v) is 17.5. The quantitative estimate of drug-likeness (QED) is 0.764. The molecule has 2 aromatic rings. The summed E-state index contributed by atoms with van der Waals surface area (Å²) < 4.78 is 5.62. The molecule has 4 rings (SSSR count). The second-order valence-corrected chi connectivity index (χ2v) is 8.15. The lowest BCUT2D eigenvalue weighted by Crippen LogP contribution is -2.68. The van der Waals surface area contributed by atoms with Crippen molar-refractivity contribution in [3.8, 4) is 5.75 Å². The van der Waals surface area contributed by atoms with Gasteiger partial charge in [-0.2, -0.15) is 0 Å². The molecule has 2 fully saturated rings. The fourth-order valence-electron chi connectivity index (χ4n) is 4.52. The average molecular weight is 408 g/mol. The van der Waals surface area contributed by atoms with Crippen LogP contribution in [0.25, 0.3) is 0 Å². The number of benzene rings is 2. The van der Waals surface area contributed by atoms with Crippen molar-refractivity contribution in [1.29, 1.82) is 0 Å². The third-order valence-electron chi connectivity index (χ3n) is 6.32. The Morgan fingerprint density at radius 3 is 2.23 bits per heavy atom. The van der Waals surface area contributed by atoms with E-state index < -0.39 is 5.54 Å². The molecule has 0 radical (unpaired) electrons. The van der Waals surface area contributed by atoms with Crippen LogP contribution in [0.4, 0.5) is 0 Å². The molecule has 2 aromatic carbocycles. The van der Waals surface area contributed by atoms with Crippen molar-refractivity contribution in [2.24, 2.45) is 0 Å². The van der Waals surface area contributed by atoms with E-state index in [0.29, 0.717) is 31.7 Å². The summed E-state index contributed by atoms with van der Waals surface area (Å²) >= 11 is 0. The molecule has 0 N–H and O–H groups in total. The van der Waals surface area contributed by atoms with E-state index in [0.717, 1.165) is 19.6 Å². The number of hydrogen-bond donors (Lipinski definition) is 0. The molecule has 0 atom stereocenters. The van der Waals surface area contributed by atoms with Crippen LogP contribution in [0.3, 0.4) is 0 Å². The molecule has 2 saturated heterocycles. The van der Waals surface area contributed by atoms with E-state index in [1.807, 2.05) is 65.4 Å². The smallest absolute Gasteiger partial charge is 0.260 e. The van der Waals surface area contributed by atoms with Crippen LogP contribution in [0.15, 0.2) is 60.7 Å². The minimum absolute atomic E-state index is 0.0264. The van der Waals surface area contributed by atoms with Crippen molar-refractivity contribution in [3.63, 3.8) is 0 Å². The van der Waals surface area contributed by atoms with Crippen molar-refractivity contribution < 1.29 is 14.3 Å². The minimum atomic E-state index is -0.528. The third kappa shape index (κ3) is 4.19. The van der Waals surface area contributed by atoms with Gasteiger partial charge in [0.15, 0.2) is 6.61 Å². The lowest BCUT2D eigenvalue weighted by molar-refractivity contribution is -0.157. The van der Waals surface area contributed by atoms with Gasteiger partial charge in [-0.3, -0.25) is 14.5 Å². The van der Waals surface area contributed by atoms with Crippen LogP contribution >= 0.6 is 0 Å². The van der Waals surface area contributed by atoms with Crippen LogP contribution in [0.1, 0.15) is 18.4 Å². The summed E-state index contributed by atoms with van der Waals surface area (Å²) in [5, 5.41) is 0. The molecule has 30 heavy (non-hydrogen) atoms. The topological polar surface area (TPSA) is 53.1 Å². The summed E-state index contributed by atoms with van der Waals surface area (Å²) in [6, 6.07) is 19.7.